The lowest BCUT2D eigenvalue weighted by Gasteiger charge is -2.05. The molecule has 2 rings (SSSR count). The van der Waals surface area contributed by atoms with Gasteiger partial charge in [0, 0.05) is 23.2 Å². The summed E-state index contributed by atoms with van der Waals surface area (Å²) in [6, 6.07) is 8.47. The summed E-state index contributed by atoms with van der Waals surface area (Å²) in [6.07, 6.45) is 2.20. The van der Waals surface area contributed by atoms with E-state index in [1.807, 2.05) is 5.38 Å². The number of alkyl halides is 1. The Morgan fingerprint density at radius 1 is 1.32 bits per heavy atom. The third-order valence-corrected chi connectivity index (χ3v) is 4.21. The summed E-state index contributed by atoms with van der Waals surface area (Å²) in [7, 11) is 0. The molecule has 0 aliphatic rings. The molecule has 1 heterocycles. The van der Waals surface area contributed by atoms with Crippen molar-refractivity contribution in [2.24, 2.45) is 5.92 Å². The SMILES string of the molecule is CC(C)Cc1ccc(-c2csc(NC(=O)CCCCl)n2)cc1. The minimum atomic E-state index is -0.0335. The second kappa shape index (κ2) is 8.30. The number of carbonyl (C=O) groups excluding carboxylic acids is 1. The van der Waals surface area contributed by atoms with Crippen LogP contribution < -0.4 is 5.32 Å². The first-order valence-corrected chi connectivity index (χ1v) is 8.90. The average molecular weight is 337 g/mol. The topological polar surface area (TPSA) is 42.0 Å². The predicted molar refractivity (Wildman–Crippen MR) is 94.7 cm³/mol. The first-order chi connectivity index (χ1) is 10.6. The van der Waals surface area contributed by atoms with Crippen molar-refractivity contribution in [1.29, 1.82) is 0 Å². The quantitative estimate of drug-likeness (QED) is 0.725. The van der Waals surface area contributed by atoms with E-state index < -0.39 is 0 Å². The molecule has 118 valence electrons. The Hall–Kier alpha value is -1.39. The highest BCUT2D eigenvalue weighted by Gasteiger charge is 2.08. The van der Waals surface area contributed by atoms with Crippen molar-refractivity contribution >= 4 is 34.0 Å². The Balaban J connectivity index is 2.00. The summed E-state index contributed by atoms with van der Waals surface area (Å²) in [6.45, 7) is 4.43. The molecule has 0 saturated carbocycles. The summed E-state index contributed by atoms with van der Waals surface area (Å²) in [5.74, 6) is 1.12. The van der Waals surface area contributed by atoms with Gasteiger partial charge in [0.05, 0.1) is 5.69 Å². The number of rotatable bonds is 7. The zero-order chi connectivity index (χ0) is 15.9. The van der Waals surface area contributed by atoms with Gasteiger partial charge < -0.3 is 5.32 Å². The fourth-order valence-corrected chi connectivity index (χ4v) is 3.03. The Kier molecular flexibility index (Phi) is 6.40. The van der Waals surface area contributed by atoms with Crippen LogP contribution >= 0.6 is 22.9 Å². The summed E-state index contributed by atoms with van der Waals surface area (Å²) < 4.78 is 0. The highest BCUT2D eigenvalue weighted by Crippen LogP contribution is 2.25. The van der Waals surface area contributed by atoms with Crippen molar-refractivity contribution in [2.75, 3.05) is 11.2 Å². The van der Waals surface area contributed by atoms with Crippen LogP contribution in [-0.2, 0) is 11.2 Å². The van der Waals surface area contributed by atoms with E-state index in [4.69, 9.17) is 11.6 Å². The molecule has 0 atom stereocenters. The van der Waals surface area contributed by atoms with Gasteiger partial charge in [-0.1, -0.05) is 38.1 Å². The molecule has 0 aliphatic heterocycles. The van der Waals surface area contributed by atoms with Gasteiger partial charge in [0.1, 0.15) is 0 Å². The van der Waals surface area contributed by atoms with Crippen LogP contribution in [0, 0.1) is 5.92 Å². The van der Waals surface area contributed by atoms with Crippen LogP contribution in [0.2, 0.25) is 0 Å². The van der Waals surface area contributed by atoms with E-state index in [0.29, 0.717) is 29.8 Å². The molecule has 0 aliphatic carbocycles. The first kappa shape index (κ1) is 17.0. The summed E-state index contributed by atoms with van der Waals surface area (Å²) in [4.78, 5) is 16.1. The molecule has 0 saturated heterocycles. The number of hydrogen-bond donors (Lipinski definition) is 1. The lowest BCUT2D eigenvalue weighted by atomic mass is 10.0. The molecule has 5 heteroatoms. The second-order valence-electron chi connectivity index (χ2n) is 5.67. The molecular weight excluding hydrogens is 316 g/mol. The number of carbonyl (C=O) groups is 1. The number of amides is 1. The molecule has 2 aromatic rings. The van der Waals surface area contributed by atoms with Crippen molar-refractivity contribution < 1.29 is 4.79 Å². The number of aromatic nitrogens is 1. The van der Waals surface area contributed by atoms with Gasteiger partial charge >= 0.3 is 0 Å². The lowest BCUT2D eigenvalue weighted by molar-refractivity contribution is -0.116. The smallest absolute Gasteiger partial charge is 0.226 e. The zero-order valence-electron chi connectivity index (χ0n) is 12.9. The van der Waals surface area contributed by atoms with E-state index in [9.17, 15) is 4.79 Å². The fraction of sp³-hybridized carbons (Fsp3) is 0.412. The number of anilines is 1. The van der Waals surface area contributed by atoms with Crippen LogP contribution in [0.3, 0.4) is 0 Å². The summed E-state index contributed by atoms with van der Waals surface area (Å²) in [5.41, 5.74) is 3.31. The normalized spacial score (nSPS) is 10.9. The monoisotopic (exact) mass is 336 g/mol. The highest BCUT2D eigenvalue weighted by atomic mass is 35.5. The van der Waals surface area contributed by atoms with E-state index in [-0.39, 0.29) is 5.91 Å². The molecule has 1 aromatic carbocycles. The molecule has 1 N–H and O–H groups in total. The van der Waals surface area contributed by atoms with Gasteiger partial charge in [-0.25, -0.2) is 4.98 Å². The number of nitrogens with zero attached hydrogens (tertiary/aromatic N) is 1. The van der Waals surface area contributed by atoms with E-state index in [0.717, 1.165) is 17.7 Å². The van der Waals surface area contributed by atoms with Crippen LogP contribution in [-0.4, -0.2) is 16.8 Å². The van der Waals surface area contributed by atoms with Crippen LogP contribution in [0.25, 0.3) is 11.3 Å². The van der Waals surface area contributed by atoms with Crippen LogP contribution in [0.4, 0.5) is 5.13 Å². The average Bonchev–Trinajstić information content (AvgIpc) is 2.93. The molecule has 0 radical (unpaired) electrons. The number of benzene rings is 1. The molecule has 22 heavy (non-hydrogen) atoms. The Labute approximate surface area is 140 Å². The molecule has 1 amide bonds. The van der Waals surface area contributed by atoms with Gasteiger partial charge in [-0.3, -0.25) is 4.79 Å². The second-order valence-corrected chi connectivity index (χ2v) is 6.91. The molecule has 0 bridgehead atoms. The molecule has 3 nitrogen and oxygen atoms in total. The van der Waals surface area contributed by atoms with E-state index in [2.05, 4.69) is 48.4 Å². The van der Waals surface area contributed by atoms with E-state index in [1.54, 1.807) is 0 Å². The highest BCUT2D eigenvalue weighted by molar-refractivity contribution is 7.14. The standard InChI is InChI=1S/C17H21ClN2OS/c1-12(2)10-13-5-7-14(8-6-13)15-11-22-17(19-15)20-16(21)4-3-9-18/h5-8,11-12H,3-4,9-10H2,1-2H3,(H,19,20,21). The molecule has 0 fully saturated rings. The Morgan fingerprint density at radius 3 is 2.68 bits per heavy atom. The predicted octanol–water partition coefficient (Wildman–Crippen LogP) is 4.97. The van der Waals surface area contributed by atoms with Crippen molar-refractivity contribution in [3.63, 3.8) is 0 Å². The Morgan fingerprint density at radius 2 is 2.05 bits per heavy atom. The number of hydrogen-bond acceptors (Lipinski definition) is 3. The van der Waals surface area contributed by atoms with Gasteiger partial charge in [0.25, 0.3) is 0 Å². The van der Waals surface area contributed by atoms with Crippen molar-refractivity contribution in [2.45, 2.75) is 33.1 Å². The Bertz CT molecular complexity index is 607. The maximum Gasteiger partial charge on any atom is 0.226 e. The van der Waals surface area contributed by atoms with Crippen molar-refractivity contribution in [3.8, 4) is 11.3 Å². The van der Waals surface area contributed by atoms with Crippen LogP contribution in [0.15, 0.2) is 29.6 Å². The fourth-order valence-electron chi connectivity index (χ4n) is 2.16. The van der Waals surface area contributed by atoms with Gasteiger partial charge in [0.2, 0.25) is 5.91 Å². The van der Waals surface area contributed by atoms with Crippen LogP contribution in [0.1, 0.15) is 32.3 Å². The molecular formula is C17H21ClN2OS. The van der Waals surface area contributed by atoms with Gasteiger partial charge in [-0.2, -0.15) is 0 Å². The maximum absolute atomic E-state index is 11.7. The number of thiazole rings is 1. The minimum Gasteiger partial charge on any atom is -0.302 e. The van der Waals surface area contributed by atoms with E-state index >= 15 is 0 Å². The summed E-state index contributed by atoms with van der Waals surface area (Å²) in [5, 5.41) is 5.42. The van der Waals surface area contributed by atoms with E-state index in [1.165, 1.54) is 16.9 Å². The summed E-state index contributed by atoms with van der Waals surface area (Å²) >= 11 is 7.03. The van der Waals surface area contributed by atoms with Crippen molar-refractivity contribution in [1.82, 2.24) is 4.98 Å². The number of nitrogens with one attached hydrogen (secondary N) is 1. The van der Waals surface area contributed by atoms with Crippen LogP contribution in [0.5, 0.6) is 0 Å². The third kappa shape index (κ3) is 5.11. The van der Waals surface area contributed by atoms with Gasteiger partial charge in [-0.05, 0) is 24.3 Å². The van der Waals surface area contributed by atoms with Gasteiger partial charge in [-0.15, -0.1) is 22.9 Å². The molecule has 0 spiro atoms. The zero-order valence-corrected chi connectivity index (χ0v) is 14.5. The third-order valence-electron chi connectivity index (χ3n) is 3.18. The minimum absolute atomic E-state index is 0.0335. The lowest BCUT2D eigenvalue weighted by Crippen LogP contribution is -2.10. The molecule has 1 aromatic heterocycles. The van der Waals surface area contributed by atoms with Crippen molar-refractivity contribution in [3.05, 3.63) is 35.2 Å². The molecule has 0 unspecified atom stereocenters. The largest absolute Gasteiger partial charge is 0.302 e. The maximum atomic E-state index is 11.7. The van der Waals surface area contributed by atoms with Gasteiger partial charge in [0.15, 0.2) is 5.13 Å². The first-order valence-electron chi connectivity index (χ1n) is 7.49. The number of halogens is 1.